The maximum Gasteiger partial charge on any atom is 0.244 e. The molecule has 8 nitrogen and oxygen atoms in total. The van der Waals surface area contributed by atoms with E-state index in [-0.39, 0.29) is 4.90 Å². The first-order chi connectivity index (χ1) is 14.7. The summed E-state index contributed by atoms with van der Waals surface area (Å²) in [7, 11) is -7.10. The molecule has 31 heavy (non-hydrogen) atoms. The number of aromatic nitrogens is 1. The molecule has 0 unspecified atom stereocenters. The van der Waals surface area contributed by atoms with Crippen LogP contribution in [0.5, 0.6) is 0 Å². The van der Waals surface area contributed by atoms with E-state index < -0.39 is 20.0 Å². The number of hydrogen-bond acceptors (Lipinski definition) is 6. The zero-order valence-electron chi connectivity index (χ0n) is 18.2. The van der Waals surface area contributed by atoms with Gasteiger partial charge in [-0.25, -0.2) is 21.8 Å². The molecule has 0 saturated carbocycles. The third-order valence-corrected chi connectivity index (χ3v) is 9.45. The molecule has 1 aliphatic heterocycles. The van der Waals surface area contributed by atoms with Crippen molar-refractivity contribution < 1.29 is 16.8 Å². The third kappa shape index (κ3) is 5.08. The van der Waals surface area contributed by atoms with Crippen molar-refractivity contribution in [1.29, 1.82) is 0 Å². The molecule has 1 aromatic carbocycles. The molecule has 1 aromatic heterocycles. The van der Waals surface area contributed by atoms with E-state index in [0.717, 1.165) is 5.56 Å². The normalized spacial score (nSPS) is 16.5. The lowest BCUT2D eigenvalue weighted by atomic mass is 10.2. The topological polar surface area (TPSA) is 90.9 Å². The van der Waals surface area contributed by atoms with Crippen LogP contribution in [0.3, 0.4) is 0 Å². The summed E-state index contributed by atoms with van der Waals surface area (Å²) in [6, 6.07) is 10.2. The van der Waals surface area contributed by atoms with Crippen LogP contribution < -0.4 is 4.90 Å². The molecule has 0 spiro atoms. The van der Waals surface area contributed by atoms with Crippen molar-refractivity contribution in [3.63, 3.8) is 0 Å². The standard InChI is InChI=1S/C21H30N4O4S2/c1-4-24(5-2)31(28,29)20-11-12-21(22-17-20)23-13-6-14-25(16-15-23)30(26,27)19-9-7-18(3)8-10-19/h7-12,17H,4-6,13-16H2,1-3H3. The summed E-state index contributed by atoms with van der Waals surface area (Å²) >= 11 is 0. The van der Waals surface area contributed by atoms with Crippen LogP contribution in [0.2, 0.25) is 0 Å². The zero-order valence-corrected chi connectivity index (χ0v) is 19.9. The minimum absolute atomic E-state index is 0.165. The van der Waals surface area contributed by atoms with E-state index in [0.29, 0.717) is 56.4 Å². The van der Waals surface area contributed by atoms with E-state index in [1.165, 1.54) is 14.8 Å². The van der Waals surface area contributed by atoms with Gasteiger partial charge < -0.3 is 4.90 Å². The Kier molecular flexibility index (Phi) is 7.35. The minimum atomic E-state index is -3.55. The van der Waals surface area contributed by atoms with Crippen LogP contribution in [0.1, 0.15) is 25.8 Å². The van der Waals surface area contributed by atoms with Crippen LogP contribution in [0, 0.1) is 6.92 Å². The van der Waals surface area contributed by atoms with Gasteiger partial charge in [-0.05, 0) is 37.6 Å². The number of hydrogen-bond donors (Lipinski definition) is 0. The smallest absolute Gasteiger partial charge is 0.244 e. The SMILES string of the molecule is CCN(CC)S(=O)(=O)c1ccc(N2CCCN(S(=O)(=O)c3ccc(C)cc3)CC2)nc1. The molecule has 170 valence electrons. The van der Waals surface area contributed by atoms with E-state index in [4.69, 9.17) is 0 Å². The number of sulfonamides is 2. The molecule has 3 rings (SSSR count). The van der Waals surface area contributed by atoms with Gasteiger partial charge in [-0.15, -0.1) is 0 Å². The van der Waals surface area contributed by atoms with E-state index in [2.05, 4.69) is 4.98 Å². The minimum Gasteiger partial charge on any atom is -0.355 e. The molecule has 2 aromatic rings. The van der Waals surface area contributed by atoms with Crippen LogP contribution in [0.15, 0.2) is 52.4 Å². The summed E-state index contributed by atoms with van der Waals surface area (Å²) in [5.74, 6) is 0.646. The average molecular weight is 467 g/mol. The van der Waals surface area contributed by atoms with Crippen LogP contribution in [-0.4, -0.2) is 69.7 Å². The van der Waals surface area contributed by atoms with Crippen molar-refractivity contribution in [3.8, 4) is 0 Å². The van der Waals surface area contributed by atoms with Gasteiger partial charge in [-0.2, -0.15) is 8.61 Å². The molecule has 0 bridgehead atoms. The summed E-state index contributed by atoms with van der Waals surface area (Å²) in [5, 5.41) is 0. The number of anilines is 1. The molecular formula is C21H30N4O4S2. The largest absolute Gasteiger partial charge is 0.355 e. The highest BCUT2D eigenvalue weighted by Gasteiger charge is 2.28. The average Bonchev–Trinajstić information content (AvgIpc) is 3.02. The Labute approximate surface area is 185 Å². The predicted octanol–water partition coefficient (Wildman–Crippen LogP) is 2.32. The van der Waals surface area contributed by atoms with Crippen molar-refractivity contribution in [3.05, 3.63) is 48.2 Å². The lowest BCUT2D eigenvalue weighted by Gasteiger charge is -2.23. The third-order valence-electron chi connectivity index (χ3n) is 5.50. The van der Waals surface area contributed by atoms with Gasteiger partial charge >= 0.3 is 0 Å². The first-order valence-electron chi connectivity index (χ1n) is 10.5. The molecule has 0 radical (unpaired) electrons. The first-order valence-corrected chi connectivity index (χ1v) is 13.4. The first kappa shape index (κ1) is 23.6. The Hall–Kier alpha value is -2.01. The van der Waals surface area contributed by atoms with Crippen molar-refractivity contribution in [1.82, 2.24) is 13.6 Å². The second-order valence-electron chi connectivity index (χ2n) is 7.50. The molecule has 0 aliphatic carbocycles. The molecule has 2 heterocycles. The molecule has 0 N–H and O–H groups in total. The van der Waals surface area contributed by atoms with Gasteiger partial charge in [0.05, 0.1) is 4.90 Å². The highest BCUT2D eigenvalue weighted by Crippen LogP contribution is 2.22. The van der Waals surface area contributed by atoms with Crippen molar-refractivity contribution in [2.45, 2.75) is 37.0 Å². The predicted molar refractivity (Wildman–Crippen MR) is 121 cm³/mol. The zero-order chi connectivity index (χ0) is 22.6. The highest BCUT2D eigenvalue weighted by atomic mass is 32.2. The summed E-state index contributed by atoms with van der Waals surface area (Å²) in [6.07, 6.45) is 2.04. The van der Waals surface area contributed by atoms with Crippen LogP contribution in [-0.2, 0) is 20.0 Å². The van der Waals surface area contributed by atoms with Crippen molar-refractivity contribution >= 4 is 25.9 Å². The monoisotopic (exact) mass is 466 g/mol. The summed E-state index contributed by atoms with van der Waals surface area (Å²) < 4.78 is 54.2. The number of nitrogens with zero attached hydrogens (tertiary/aromatic N) is 4. The van der Waals surface area contributed by atoms with Crippen LogP contribution in [0.25, 0.3) is 0 Å². The second-order valence-corrected chi connectivity index (χ2v) is 11.4. The quantitative estimate of drug-likeness (QED) is 0.622. The maximum absolute atomic E-state index is 13.0. The maximum atomic E-state index is 13.0. The van der Waals surface area contributed by atoms with E-state index in [9.17, 15) is 16.8 Å². The Morgan fingerprint density at radius 3 is 2.10 bits per heavy atom. The fraction of sp³-hybridized carbons (Fsp3) is 0.476. The van der Waals surface area contributed by atoms with Crippen LogP contribution >= 0.6 is 0 Å². The molecular weight excluding hydrogens is 436 g/mol. The van der Waals surface area contributed by atoms with Crippen molar-refractivity contribution in [2.75, 3.05) is 44.2 Å². The molecule has 1 aliphatic rings. The molecule has 10 heteroatoms. The summed E-state index contributed by atoms with van der Waals surface area (Å²) in [4.78, 5) is 6.83. The van der Waals surface area contributed by atoms with E-state index in [1.54, 1.807) is 50.2 Å². The fourth-order valence-corrected chi connectivity index (χ4v) is 6.52. The number of pyridine rings is 1. The fourth-order valence-electron chi connectivity index (χ4n) is 3.65. The number of aryl methyl sites for hydroxylation is 1. The van der Waals surface area contributed by atoms with Gasteiger partial charge in [0, 0.05) is 45.5 Å². The Morgan fingerprint density at radius 1 is 0.871 bits per heavy atom. The molecule has 1 saturated heterocycles. The van der Waals surface area contributed by atoms with Gasteiger partial charge in [0.2, 0.25) is 20.0 Å². The number of rotatable bonds is 7. The Bertz CT molecular complexity index is 1080. The number of benzene rings is 1. The van der Waals surface area contributed by atoms with E-state index >= 15 is 0 Å². The highest BCUT2D eigenvalue weighted by molar-refractivity contribution is 7.89. The van der Waals surface area contributed by atoms with Gasteiger partial charge in [0.25, 0.3) is 0 Å². The molecule has 0 atom stereocenters. The van der Waals surface area contributed by atoms with Gasteiger partial charge in [-0.1, -0.05) is 31.5 Å². The van der Waals surface area contributed by atoms with Crippen LogP contribution in [0.4, 0.5) is 5.82 Å². The second kappa shape index (κ2) is 9.64. The summed E-state index contributed by atoms with van der Waals surface area (Å²) in [5.41, 5.74) is 1.01. The lowest BCUT2D eigenvalue weighted by Crippen LogP contribution is -2.35. The van der Waals surface area contributed by atoms with Crippen molar-refractivity contribution in [2.24, 2.45) is 0 Å². The lowest BCUT2D eigenvalue weighted by molar-refractivity contribution is 0.433. The Morgan fingerprint density at radius 2 is 1.52 bits per heavy atom. The Balaban J connectivity index is 1.73. The molecule has 0 amide bonds. The van der Waals surface area contributed by atoms with E-state index in [1.807, 2.05) is 11.8 Å². The van der Waals surface area contributed by atoms with Gasteiger partial charge in [0.15, 0.2) is 0 Å². The summed E-state index contributed by atoms with van der Waals surface area (Å²) in [6.45, 7) is 8.24. The van der Waals surface area contributed by atoms with Gasteiger partial charge in [-0.3, -0.25) is 0 Å². The molecule has 1 fully saturated rings. The van der Waals surface area contributed by atoms with Gasteiger partial charge in [0.1, 0.15) is 10.7 Å².